The lowest BCUT2D eigenvalue weighted by Gasteiger charge is -2.30. The Bertz CT molecular complexity index is 831. The number of halogens is 8. The maximum Gasteiger partial charge on any atom is 0.457 e. The molecule has 12 heteroatoms. The van der Waals surface area contributed by atoms with Gasteiger partial charge in [-0.25, -0.2) is 9.37 Å². The van der Waals surface area contributed by atoms with Gasteiger partial charge in [0.05, 0.1) is 5.02 Å². The Balaban J connectivity index is 2.33. The standard InChI is InChI=1S/C15H9BrClF6N3O/c16-7-1-4-11(24-6-7)12(27)26-13(14(19,20)15(21,22)23)25-8-2-3-9(17)10(18)5-8/h1-6,13,25H,(H,26,27). The molecule has 1 aromatic carbocycles. The minimum absolute atomic E-state index is 0.359. The van der Waals surface area contributed by atoms with Crippen molar-refractivity contribution in [2.75, 3.05) is 5.32 Å². The molecule has 0 saturated heterocycles. The second-order valence-electron chi connectivity index (χ2n) is 5.16. The Morgan fingerprint density at radius 3 is 2.33 bits per heavy atom. The van der Waals surface area contributed by atoms with Crippen molar-refractivity contribution in [3.05, 3.63) is 57.5 Å². The predicted octanol–water partition coefficient (Wildman–Crippen LogP) is 5.00. The molecular formula is C15H9BrClF6N3O. The topological polar surface area (TPSA) is 54.0 Å². The van der Waals surface area contributed by atoms with Gasteiger partial charge in [0.25, 0.3) is 5.91 Å². The van der Waals surface area contributed by atoms with Crippen molar-refractivity contribution < 1.29 is 31.1 Å². The van der Waals surface area contributed by atoms with Crippen molar-refractivity contribution in [2.24, 2.45) is 0 Å². The number of nitrogens with zero attached hydrogens (tertiary/aromatic N) is 1. The second-order valence-corrected chi connectivity index (χ2v) is 6.48. The van der Waals surface area contributed by atoms with Crippen LogP contribution < -0.4 is 10.6 Å². The highest BCUT2D eigenvalue weighted by molar-refractivity contribution is 9.10. The normalized spacial score (nSPS) is 13.2. The first-order valence-corrected chi connectivity index (χ1v) is 8.17. The summed E-state index contributed by atoms with van der Waals surface area (Å²) in [5.41, 5.74) is -0.847. The second kappa shape index (κ2) is 7.93. The van der Waals surface area contributed by atoms with Crippen LogP contribution in [0.25, 0.3) is 0 Å². The number of carbonyl (C=O) groups excluding carboxylic acids is 1. The Kier molecular flexibility index (Phi) is 6.25. The fourth-order valence-electron chi connectivity index (χ4n) is 1.85. The molecule has 0 aliphatic carbocycles. The van der Waals surface area contributed by atoms with E-state index in [0.717, 1.165) is 24.4 Å². The van der Waals surface area contributed by atoms with Gasteiger partial charge in [0, 0.05) is 16.4 Å². The lowest BCUT2D eigenvalue weighted by molar-refractivity contribution is -0.289. The Morgan fingerprint density at radius 2 is 1.81 bits per heavy atom. The SMILES string of the molecule is O=C(NC(Nc1ccc(Cl)c(F)c1)C(F)(F)C(F)(F)F)c1ccc(Br)cn1. The van der Waals surface area contributed by atoms with Crippen LogP contribution in [0.2, 0.25) is 5.02 Å². The number of amides is 1. The third-order valence-electron chi connectivity index (χ3n) is 3.21. The minimum atomic E-state index is -5.99. The quantitative estimate of drug-likeness (QED) is 0.472. The number of benzene rings is 1. The van der Waals surface area contributed by atoms with Crippen LogP contribution >= 0.6 is 27.5 Å². The third kappa shape index (κ3) is 5.04. The summed E-state index contributed by atoms with van der Waals surface area (Å²) in [4.78, 5) is 15.6. The van der Waals surface area contributed by atoms with Crippen molar-refractivity contribution in [1.29, 1.82) is 0 Å². The molecule has 1 aromatic heterocycles. The van der Waals surface area contributed by atoms with E-state index in [0.29, 0.717) is 10.5 Å². The first-order chi connectivity index (χ1) is 12.4. The number of nitrogens with one attached hydrogen (secondary N) is 2. The maximum atomic E-state index is 13.9. The summed E-state index contributed by atoms with van der Waals surface area (Å²) < 4.78 is 79.9. The molecule has 0 saturated carbocycles. The Morgan fingerprint density at radius 1 is 1.15 bits per heavy atom. The van der Waals surface area contributed by atoms with Gasteiger partial charge < -0.3 is 10.6 Å². The fourth-order valence-corrected chi connectivity index (χ4v) is 2.20. The number of carbonyl (C=O) groups is 1. The van der Waals surface area contributed by atoms with Gasteiger partial charge in [-0.3, -0.25) is 4.79 Å². The summed E-state index contributed by atoms with van der Waals surface area (Å²) in [7, 11) is 0. The van der Waals surface area contributed by atoms with Crippen LogP contribution in [0.1, 0.15) is 10.5 Å². The molecule has 0 bridgehead atoms. The number of alkyl halides is 5. The molecule has 2 aromatic rings. The fraction of sp³-hybridized carbons (Fsp3) is 0.200. The third-order valence-corrected chi connectivity index (χ3v) is 3.98. The smallest absolute Gasteiger partial charge is 0.360 e. The molecule has 1 heterocycles. The number of anilines is 1. The molecule has 2 N–H and O–H groups in total. The van der Waals surface area contributed by atoms with E-state index in [1.165, 1.54) is 11.4 Å². The van der Waals surface area contributed by atoms with E-state index in [4.69, 9.17) is 11.6 Å². The highest BCUT2D eigenvalue weighted by Crippen LogP contribution is 2.38. The summed E-state index contributed by atoms with van der Waals surface area (Å²) >= 11 is 8.48. The molecule has 0 radical (unpaired) electrons. The van der Waals surface area contributed by atoms with Crippen molar-refractivity contribution in [1.82, 2.24) is 10.3 Å². The summed E-state index contributed by atoms with van der Waals surface area (Å²) in [5, 5.41) is 2.94. The first kappa shape index (κ1) is 21.3. The summed E-state index contributed by atoms with van der Waals surface area (Å²) in [6, 6.07) is 5.02. The number of hydrogen-bond acceptors (Lipinski definition) is 3. The van der Waals surface area contributed by atoms with E-state index in [2.05, 4.69) is 20.9 Å². The maximum absolute atomic E-state index is 13.9. The van der Waals surface area contributed by atoms with Gasteiger partial charge in [0.1, 0.15) is 11.5 Å². The van der Waals surface area contributed by atoms with Gasteiger partial charge in [-0.05, 0) is 46.3 Å². The van der Waals surface area contributed by atoms with Gasteiger partial charge in [-0.2, -0.15) is 22.0 Å². The molecule has 0 fully saturated rings. The number of aromatic nitrogens is 1. The predicted molar refractivity (Wildman–Crippen MR) is 89.2 cm³/mol. The average Bonchev–Trinajstić information content (AvgIpc) is 2.57. The van der Waals surface area contributed by atoms with E-state index in [9.17, 15) is 31.1 Å². The molecule has 0 aliphatic rings. The summed E-state index contributed by atoms with van der Waals surface area (Å²) in [6.45, 7) is 0. The average molecular weight is 477 g/mol. The molecule has 1 amide bonds. The molecular weight excluding hydrogens is 468 g/mol. The zero-order chi connectivity index (χ0) is 20.4. The lowest BCUT2D eigenvalue weighted by Crippen LogP contribution is -2.59. The van der Waals surface area contributed by atoms with E-state index < -0.39 is 41.4 Å². The molecule has 146 valence electrons. The first-order valence-electron chi connectivity index (χ1n) is 7.00. The van der Waals surface area contributed by atoms with Gasteiger partial charge in [-0.15, -0.1) is 0 Å². The van der Waals surface area contributed by atoms with Crippen LogP contribution in [-0.4, -0.2) is 29.2 Å². The van der Waals surface area contributed by atoms with Crippen LogP contribution in [0.15, 0.2) is 41.0 Å². The largest absolute Gasteiger partial charge is 0.457 e. The highest BCUT2D eigenvalue weighted by atomic mass is 79.9. The minimum Gasteiger partial charge on any atom is -0.360 e. The molecule has 1 unspecified atom stereocenters. The Hall–Kier alpha value is -2.01. The van der Waals surface area contributed by atoms with Crippen LogP contribution in [0, 0.1) is 5.82 Å². The molecule has 4 nitrogen and oxygen atoms in total. The molecule has 2 rings (SSSR count). The number of pyridine rings is 1. The van der Waals surface area contributed by atoms with Crippen molar-refractivity contribution in [3.8, 4) is 0 Å². The van der Waals surface area contributed by atoms with Gasteiger partial charge in [-0.1, -0.05) is 11.6 Å². The number of hydrogen-bond donors (Lipinski definition) is 2. The van der Waals surface area contributed by atoms with E-state index in [1.54, 1.807) is 5.32 Å². The molecule has 1 atom stereocenters. The monoisotopic (exact) mass is 475 g/mol. The van der Waals surface area contributed by atoms with Crippen LogP contribution in [0.5, 0.6) is 0 Å². The molecule has 0 aliphatic heterocycles. The van der Waals surface area contributed by atoms with Gasteiger partial charge >= 0.3 is 12.1 Å². The zero-order valence-corrected chi connectivity index (χ0v) is 15.3. The molecule has 27 heavy (non-hydrogen) atoms. The van der Waals surface area contributed by atoms with Gasteiger partial charge in [0.2, 0.25) is 0 Å². The van der Waals surface area contributed by atoms with Crippen molar-refractivity contribution in [3.63, 3.8) is 0 Å². The van der Waals surface area contributed by atoms with Crippen molar-refractivity contribution >= 4 is 39.1 Å². The molecule has 0 spiro atoms. The Labute approximate surface area is 162 Å². The van der Waals surface area contributed by atoms with Crippen LogP contribution in [-0.2, 0) is 0 Å². The summed E-state index contributed by atoms with van der Waals surface area (Å²) in [5.74, 6) is -7.72. The van der Waals surface area contributed by atoms with Crippen LogP contribution in [0.4, 0.5) is 32.0 Å². The number of rotatable bonds is 5. The van der Waals surface area contributed by atoms with Gasteiger partial charge in [0.15, 0.2) is 6.17 Å². The van der Waals surface area contributed by atoms with Crippen molar-refractivity contribution in [2.45, 2.75) is 18.3 Å². The van der Waals surface area contributed by atoms with E-state index in [-0.39, 0.29) is 5.02 Å². The summed E-state index contributed by atoms with van der Waals surface area (Å²) in [6.07, 6.45) is -7.76. The van der Waals surface area contributed by atoms with E-state index >= 15 is 0 Å². The zero-order valence-electron chi connectivity index (χ0n) is 12.9. The van der Waals surface area contributed by atoms with Crippen LogP contribution in [0.3, 0.4) is 0 Å². The lowest BCUT2D eigenvalue weighted by atomic mass is 10.2. The van der Waals surface area contributed by atoms with E-state index in [1.807, 2.05) is 0 Å². The highest BCUT2D eigenvalue weighted by Gasteiger charge is 2.63.